The highest BCUT2D eigenvalue weighted by Crippen LogP contribution is 2.43. The molecule has 0 unspecified atom stereocenters. The highest BCUT2D eigenvalue weighted by molar-refractivity contribution is 7.12. The van der Waals surface area contributed by atoms with Gasteiger partial charge in [-0.3, -0.25) is 0 Å². The van der Waals surface area contributed by atoms with Crippen LogP contribution in [0, 0.1) is 6.92 Å². The number of para-hydroxylation sites is 2. The molecule has 3 aromatic carbocycles. The third-order valence-electron chi connectivity index (χ3n) is 7.03. The van der Waals surface area contributed by atoms with Crippen LogP contribution in [0.1, 0.15) is 47.1 Å². The topological polar surface area (TPSA) is 68.8 Å². The predicted octanol–water partition coefficient (Wildman–Crippen LogP) is 8.18. The molecule has 1 aromatic heterocycles. The fourth-order valence-electron chi connectivity index (χ4n) is 5.30. The molecule has 4 aromatic rings. The van der Waals surface area contributed by atoms with Gasteiger partial charge in [-0.15, -0.1) is 11.3 Å². The maximum absolute atomic E-state index is 12.7. The SMILES string of the molecule is COc1ccccc1NCc1c(-c2ccc(OC(=O)c3sccc3C)cc2OC)ccc2c1C(C)=CC(C)(C)N2. The minimum atomic E-state index is -0.368. The molecule has 0 spiro atoms. The van der Waals surface area contributed by atoms with Crippen LogP contribution in [0.2, 0.25) is 0 Å². The zero-order valence-electron chi connectivity index (χ0n) is 23.7. The Morgan fingerprint density at radius 3 is 2.42 bits per heavy atom. The lowest BCUT2D eigenvalue weighted by Gasteiger charge is -2.33. The third-order valence-corrected chi connectivity index (χ3v) is 8.02. The first-order valence-electron chi connectivity index (χ1n) is 13.2. The second-order valence-corrected chi connectivity index (χ2v) is 11.3. The summed E-state index contributed by atoms with van der Waals surface area (Å²) >= 11 is 1.38. The van der Waals surface area contributed by atoms with Crippen molar-refractivity contribution in [2.24, 2.45) is 0 Å². The summed E-state index contributed by atoms with van der Waals surface area (Å²) in [4.78, 5) is 13.3. The molecule has 1 aliphatic rings. The number of benzene rings is 3. The monoisotopic (exact) mass is 554 g/mol. The Hall–Kier alpha value is -4.23. The molecule has 0 amide bonds. The van der Waals surface area contributed by atoms with Crippen molar-refractivity contribution in [3.8, 4) is 28.4 Å². The molecule has 2 N–H and O–H groups in total. The highest BCUT2D eigenvalue weighted by Gasteiger charge is 2.27. The van der Waals surface area contributed by atoms with Gasteiger partial charge >= 0.3 is 5.97 Å². The van der Waals surface area contributed by atoms with Crippen molar-refractivity contribution in [3.05, 3.63) is 93.7 Å². The van der Waals surface area contributed by atoms with Gasteiger partial charge in [0.15, 0.2) is 0 Å². The van der Waals surface area contributed by atoms with E-state index >= 15 is 0 Å². The molecule has 5 rings (SSSR count). The summed E-state index contributed by atoms with van der Waals surface area (Å²) in [5.41, 5.74) is 8.16. The fraction of sp³-hybridized carbons (Fsp3) is 0.242. The largest absolute Gasteiger partial charge is 0.496 e. The third kappa shape index (κ3) is 5.42. The predicted molar refractivity (Wildman–Crippen MR) is 164 cm³/mol. The maximum atomic E-state index is 12.7. The van der Waals surface area contributed by atoms with Gasteiger partial charge < -0.3 is 24.8 Å². The van der Waals surface area contributed by atoms with Gasteiger partial charge in [0.05, 0.1) is 25.4 Å². The Labute approximate surface area is 239 Å². The molecule has 0 radical (unpaired) electrons. The van der Waals surface area contributed by atoms with Crippen LogP contribution in [-0.4, -0.2) is 25.7 Å². The average molecular weight is 555 g/mol. The Bertz CT molecular complexity index is 1600. The van der Waals surface area contributed by atoms with Gasteiger partial charge in [-0.05, 0) is 91.7 Å². The van der Waals surface area contributed by atoms with Crippen molar-refractivity contribution < 1.29 is 19.0 Å². The normalized spacial score (nSPS) is 13.5. The standard InChI is InChI=1S/C33H34N2O4S/c1-20-15-16-40-31(20)32(36)39-22-11-12-24(29(17-22)38-6)23-13-14-27-30(21(2)18-33(3,4)35-27)25(23)19-34-26-9-7-8-10-28(26)37-5/h7-18,34-35H,19H2,1-6H3. The highest BCUT2D eigenvalue weighted by atomic mass is 32.1. The number of aryl methyl sites for hydroxylation is 1. The van der Waals surface area contributed by atoms with Gasteiger partial charge in [0.2, 0.25) is 0 Å². The van der Waals surface area contributed by atoms with E-state index in [1.165, 1.54) is 16.9 Å². The molecular weight excluding hydrogens is 520 g/mol. The molecule has 1 aliphatic heterocycles. The van der Waals surface area contributed by atoms with E-state index in [1.807, 2.05) is 54.8 Å². The lowest BCUT2D eigenvalue weighted by atomic mass is 9.85. The molecular formula is C33H34N2O4S. The lowest BCUT2D eigenvalue weighted by molar-refractivity contribution is 0.0739. The van der Waals surface area contributed by atoms with Crippen molar-refractivity contribution in [3.63, 3.8) is 0 Å². The zero-order chi connectivity index (χ0) is 28.4. The summed E-state index contributed by atoms with van der Waals surface area (Å²) < 4.78 is 17.1. The summed E-state index contributed by atoms with van der Waals surface area (Å²) in [5.74, 6) is 1.47. The smallest absolute Gasteiger partial charge is 0.353 e. The Kier molecular flexibility index (Phi) is 7.59. The van der Waals surface area contributed by atoms with Crippen LogP contribution >= 0.6 is 11.3 Å². The number of carbonyl (C=O) groups excluding carboxylic acids is 1. The van der Waals surface area contributed by atoms with Crippen molar-refractivity contribution in [2.75, 3.05) is 24.9 Å². The minimum Gasteiger partial charge on any atom is -0.496 e. The zero-order valence-corrected chi connectivity index (χ0v) is 24.5. The number of methoxy groups -OCH3 is 2. The number of hydrogen-bond acceptors (Lipinski definition) is 7. The quantitative estimate of drug-likeness (QED) is 0.169. The molecule has 40 heavy (non-hydrogen) atoms. The number of esters is 1. The van der Waals surface area contributed by atoms with E-state index in [9.17, 15) is 4.79 Å². The molecule has 0 atom stereocenters. The van der Waals surface area contributed by atoms with Crippen LogP contribution in [0.15, 0.2) is 72.1 Å². The lowest BCUT2D eigenvalue weighted by Crippen LogP contribution is -2.32. The number of carbonyl (C=O) groups is 1. The minimum absolute atomic E-state index is 0.157. The van der Waals surface area contributed by atoms with Gasteiger partial charge in [0, 0.05) is 29.4 Å². The molecule has 6 nitrogen and oxygen atoms in total. The molecule has 0 fully saturated rings. The maximum Gasteiger partial charge on any atom is 0.353 e. The number of thiophene rings is 1. The van der Waals surface area contributed by atoms with E-state index in [4.69, 9.17) is 14.2 Å². The molecule has 7 heteroatoms. The van der Waals surface area contributed by atoms with E-state index in [2.05, 4.69) is 49.6 Å². The van der Waals surface area contributed by atoms with Crippen LogP contribution < -0.4 is 24.8 Å². The van der Waals surface area contributed by atoms with E-state index in [0.717, 1.165) is 44.9 Å². The Morgan fingerprint density at radius 1 is 0.950 bits per heavy atom. The second-order valence-electron chi connectivity index (χ2n) is 10.4. The number of allylic oxidation sites excluding steroid dienone is 1. The van der Waals surface area contributed by atoms with E-state index in [-0.39, 0.29) is 11.5 Å². The first-order chi connectivity index (χ1) is 19.2. The number of ether oxygens (including phenoxy) is 3. The van der Waals surface area contributed by atoms with Crippen LogP contribution in [0.3, 0.4) is 0 Å². The Balaban J connectivity index is 1.57. The second kappa shape index (κ2) is 11.1. The van der Waals surface area contributed by atoms with Gasteiger partial charge in [-0.2, -0.15) is 0 Å². The van der Waals surface area contributed by atoms with Crippen molar-refractivity contribution in [1.82, 2.24) is 0 Å². The summed E-state index contributed by atoms with van der Waals surface area (Å²) in [6.45, 7) is 8.95. The Morgan fingerprint density at radius 2 is 1.70 bits per heavy atom. The van der Waals surface area contributed by atoms with Crippen molar-refractivity contribution in [1.29, 1.82) is 0 Å². The molecule has 0 saturated carbocycles. The van der Waals surface area contributed by atoms with Gasteiger partial charge in [-0.25, -0.2) is 4.79 Å². The summed E-state index contributed by atoms with van der Waals surface area (Å²) in [5, 5.41) is 9.14. The van der Waals surface area contributed by atoms with E-state index < -0.39 is 0 Å². The van der Waals surface area contributed by atoms with Gasteiger partial charge in [0.1, 0.15) is 22.1 Å². The number of hydrogen-bond donors (Lipinski definition) is 2. The number of fused-ring (bicyclic) bond motifs is 1. The summed E-state index contributed by atoms with van der Waals surface area (Å²) in [7, 11) is 3.31. The van der Waals surface area contributed by atoms with Crippen LogP contribution in [0.5, 0.6) is 17.2 Å². The average Bonchev–Trinajstić information content (AvgIpc) is 3.37. The first kappa shape index (κ1) is 27.3. The van der Waals surface area contributed by atoms with Crippen molar-refractivity contribution in [2.45, 2.75) is 39.8 Å². The van der Waals surface area contributed by atoms with Crippen LogP contribution in [-0.2, 0) is 6.54 Å². The van der Waals surface area contributed by atoms with E-state index in [0.29, 0.717) is 22.9 Å². The number of anilines is 2. The number of rotatable bonds is 8. The van der Waals surface area contributed by atoms with Gasteiger partial charge in [0.25, 0.3) is 0 Å². The molecule has 2 heterocycles. The van der Waals surface area contributed by atoms with Crippen molar-refractivity contribution >= 4 is 34.3 Å². The summed E-state index contributed by atoms with van der Waals surface area (Å²) in [6.07, 6.45) is 2.26. The molecule has 0 bridgehead atoms. The number of nitrogens with one attached hydrogen (secondary N) is 2. The fourth-order valence-corrected chi connectivity index (χ4v) is 6.10. The molecule has 0 saturated heterocycles. The first-order valence-corrected chi connectivity index (χ1v) is 14.0. The molecule has 0 aliphatic carbocycles. The molecule has 206 valence electrons. The summed E-state index contributed by atoms with van der Waals surface area (Å²) in [6, 6.07) is 19.6. The van der Waals surface area contributed by atoms with Gasteiger partial charge in [-0.1, -0.05) is 24.3 Å². The van der Waals surface area contributed by atoms with E-state index in [1.54, 1.807) is 20.3 Å². The van der Waals surface area contributed by atoms with Crippen LogP contribution in [0.25, 0.3) is 16.7 Å². The van der Waals surface area contributed by atoms with Crippen LogP contribution in [0.4, 0.5) is 11.4 Å².